The van der Waals surface area contributed by atoms with Gasteiger partial charge in [0.1, 0.15) is 12.3 Å². The van der Waals surface area contributed by atoms with Gasteiger partial charge in [-0.2, -0.15) is 0 Å². The maximum atomic E-state index is 12.4. The Balaban J connectivity index is 1.41. The minimum Gasteiger partial charge on any atom is -0.467 e. The number of carbonyl (C=O) groups is 1. The van der Waals surface area contributed by atoms with Crippen LogP contribution in [0.15, 0.2) is 70.4 Å². The summed E-state index contributed by atoms with van der Waals surface area (Å²) in [7, 11) is 0. The molecule has 2 heterocycles. The van der Waals surface area contributed by atoms with Crippen molar-refractivity contribution in [2.75, 3.05) is 11.1 Å². The summed E-state index contributed by atoms with van der Waals surface area (Å²) >= 11 is 1.28. The normalized spacial score (nSPS) is 10.9. The maximum Gasteiger partial charge on any atom is 0.234 e. The predicted octanol–water partition coefficient (Wildman–Crippen LogP) is 3.20. The van der Waals surface area contributed by atoms with Crippen LogP contribution in [0.4, 0.5) is 5.69 Å². The summed E-state index contributed by atoms with van der Waals surface area (Å²) in [5.41, 5.74) is 0.795. The number of thioether (sulfide) groups is 1. The number of hydrogen-bond acceptors (Lipinski definition) is 6. The van der Waals surface area contributed by atoms with Crippen molar-refractivity contribution in [1.82, 2.24) is 20.2 Å². The molecule has 26 heavy (non-hydrogen) atoms. The minimum absolute atomic E-state index is 0.112. The average molecular weight is 365 g/mol. The van der Waals surface area contributed by atoms with Crippen LogP contribution in [-0.4, -0.2) is 31.9 Å². The zero-order valence-electron chi connectivity index (χ0n) is 13.7. The third-order valence-electron chi connectivity index (χ3n) is 3.78. The van der Waals surface area contributed by atoms with Crippen molar-refractivity contribution >= 4 is 34.1 Å². The van der Waals surface area contributed by atoms with E-state index in [0.29, 0.717) is 11.7 Å². The third kappa shape index (κ3) is 3.60. The van der Waals surface area contributed by atoms with Gasteiger partial charge in [-0.25, -0.2) is 4.68 Å². The number of carbonyl (C=O) groups excluding carboxylic acids is 1. The molecule has 0 radical (unpaired) electrons. The molecule has 1 N–H and O–H groups in total. The Morgan fingerprint density at radius 2 is 2.00 bits per heavy atom. The molecule has 0 unspecified atom stereocenters. The van der Waals surface area contributed by atoms with Gasteiger partial charge in [0.15, 0.2) is 0 Å². The summed E-state index contributed by atoms with van der Waals surface area (Å²) in [5, 5.41) is 17.2. The minimum atomic E-state index is -0.112. The molecule has 130 valence electrons. The summed E-state index contributed by atoms with van der Waals surface area (Å²) in [6.07, 6.45) is 1.60. The standard InChI is InChI=1S/C18H15N5O2S/c24-17(19-16-9-3-6-13-5-1-2-8-15(13)16)12-26-18-20-21-22-23(18)11-14-7-4-10-25-14/h1-10H,11-12H2,(H,19,24). The monoisotopic (exact) mass is 365 g/mol. The van der Waals surface area contributed by atoms with E-state index in [9.17, 15) is 4.79 Å². The SMILES string of the molecule is O=C(CSc1nnnn1Cc1ccco1)Nc1cccc2ccccc12. The number of furan rings is 1. The van der Waals surface area contributed by atoms with Crippen molar-refractivity contribution in [3.8, 4) is 0 Å². The van der Waals surface area contributed by atoms with E-state index in [1.807, 2.05) is 54.6 Å². The molecule has 4 aromatic rings. The van der Waals surface area contributed by atoms with Crippen molar-refractivity contribution in [2.45, 2.75) is 11.7 Å². The fraction of sp³-hybridized carbons (Fsp3) is 0.111. The molecule has 2 aromatic heterocycles. The Morgan fingerprint density at radius 1 is 1.12 bits per heavy atom. The van der Waals surface area contributed by atoms with Crippen LogP contribution in [0.1, 0.15) is 5.76 Å². The number of amides is 1. The molecule has 0 saturated heterocycles. The average Bonchev–Trinajstić information content (AvgIpc) is 3.33. The fourth-order valence-electron chi connectivity index (χ4n) is 2.60. The molecule has 4 rings (SSSR count). The van der Waals surface area contributed by atoms with Crippen LogP contribution in [0.3, 0.4) is 0 Å². The Kier molecular flexibility index (Phi) is 4.65. The van der Waals surface area contributed by atoms with Gasteiger partial charge in [-0.15, -0.1) is 5.10 Å². The van der Waals surface area contributed by atoms with Crippen molar-refractivity contribution in [3.05, 3.63) is 66.6 Å². The van der Waals surface area contributed by atoms with Gasteiger partial charge in [-0.1, -0.05) is 48.2 Å². The van der Waals surface area contributed by atoms with Crippen LogP contribution >= 0.6 is 11.8 Å². The first-order chi connectivity index (χ1) is 12.8. The van der Waals surface area contributed by atoms with Crippen LogP contribution in [0.25, 0.3) is 10.8 Å². The van der Waals surface area contributed by atoms with E-state index in [4.69, 9.17) is 4.42 Å². The van der Waals surface area contributed by atoms with Crippen molar-refractivity contribution in [1.29, 1.82) is 0 Å². The molecule has 0 fully saturated rings. The molecular weight excluding hydrogens is 350 g/mol. The van der Waals surface area contributed by atoms with E-state index < -0.39 is 0 Å². The summed E-state index contributed by atoms with van der Waals surface area (Å²) < 4.78 is 6.91. The fourth-order valence-corrected chi connectivity index (χ4v) is 3.28. The van der Waals surface area contributed by atoms with Crippen molar-refractivity contribution < 1.29 is 9.21 Å². The first-order valence-corrected chi connectivity index (χ1v) is 8.97. The van der Waals surface area contributed by atoms with Gasteiger partial charge in [-0.05, 0) is 34.0 Å². The molecule has 0 atom stereocenters. The van der Waals surface area contributed by atoms with Gasteiger partial charge in [-0.3, -0.25) is 4.79 Å². The van der Waals surface area contributed by atoms with Crippen molar-refractivity contribution in [2.24, 2.45) is 0 Å². The molecule has 0 spiro atoms. The van der Waals surface area contributed by atoms with E-state index >= 15 is 0 Å². The van der Waals surface area contributed by atoms with Gasteiger partial charge in [0.05, 0.1) is 12.0 Å². The predicted molar refractivity (Wildman–Crippen MR) is 98.9 cm³/mol. The molecule has 1 amide bonds. The summed E-state index contributed by atoms with van der Waals surface area (Å²) in [6, 6.07) is 17.4. The number of nitrogens with one attached hydrogen (secondary N) is 1. The van der Waals surface area contributed by atoms with Gasteiger partial charge >= 0.3 is 0 Å². The van der Waals surface area contributed by atoms with E-state index in [1.165, 1.54) is 11.8 Å². The van der Waals surface area contributed by atoms with Gasteiger partial charge in [0, 0.05) is 11.1 Å². The second-order valence-corrected chi connectivity index (χ2v) is 6.50. The van der Waals surface area contributed by atoms with Gasteiger partial charge in [0.25, 0.3) is 0 Å². The van der Waals surface area contributed by atoms with E-state index in [2.05, 4.69) is 20.8 Å². The highest BCUT2D eigenvalue weighted by molar-refractivity contribution is 7.99. The summed E-state index contributed by atoms with van der Waals surface area (Å²) in [6.45, 7) is 0.424. The van der Waals surface area contributed by atoms with E-state index in [0.717, 1.165) is 22.2 Å². The molecular formula is C18H15N5O2S. The highest BCUT2D eigenvalue weighted by Gasteiger charge is 2.12. The second-order valence-electron chi connectivity index (χ2n) is 5.56. The maximum absolute atomic E-state index is 12.4. The number of benzene rings is 2. The Bertz CT molecular complexity index is 1020. The Labute approximate surface area is 153 Å². The Morgan fingerprint density at radius 3 is 2.88 bits per heavy atom. The lowest BCUT2D eigenvalue weighted by molar-refractivity contribution is -0.113. The summed E-state index contributed by atoms with van der Waals surface area (Å²) in [4.78, 5) is 12.4. The third-order valence-corrected chi connectivity index (χ3v) is 4.74. The van der Waals surface area contributed by atoms with E-state index in [-0.39, 0.29) is 11.7 Å². The quantitative estimate of drug-likeness (QED) is 0.528. The molecule has 0 aliphatic rings. The number of hydrogen-bond donors (Lipinski definition) is 1. The lowest BCUT2D eigenvalue weighted by atomic mass is 10.1. The van der Waals surface area contributed by atoms with Gasteiger partial charge < -0.3 is 9.73 Å². The van der Waals surface area contributed by atoms with Crippen LogP contribution in [0, 0.1) is 0 Å². The zero-order chi connectivity index (χ0) is 17.8. The largest absolute Gasteiger partial charge is 0.467 e. The number of tetrazole rings is 1. The highest BCUT2D eigenvalue weighted by Crippen LogP contribution is 2.23. The lowest BCUT2D eigenvalue weighted by Crippen LogP contribution is -2.15. The highest BCUT2D eigenvalue weighted by atomic mass is 32.2. The smallest absolute Gasteiger partial charge is 0.234 e. The molecule has 0 aliphatic carbocycles. The Hall–Kier alpha value is -3.13. The molecule has 0 saturated carbocycles. The second kappa shape index (κ2) is 7.40. The van der Waals surface area contributed by atoms with Crippen molar-refractivity contribution in [3.63, 3.8) is 0 Å². The number of fused-ring (bicyclic) bond motifs is 1. The molecule has 7 nitrogen and oxygen atoms in total. The molecule has 0 bridgehead atoms. The number of rotatable bonds is 6. The van der Waals surface area contributed by atoms with Gasteiger partial charge in [0.2, 0.25) is 11.1 Å². The number of anilines is 1. The van der Waals surface area contributed by atoms with Crippen LogP contribution in [-0.2, 0) is 11.3 Å². The van der Waals surface area contributed by atoms with E-state index in [1.54, 1.807) is 10.9 Å². The van der Waals surface area contributed by atoms with Crippen LogP contribution in [0.5, 0.6) is 0 Å². The first-order valence-electron chi connectivity index (χ1n) is 7.98. The zero-order valence-corrected chi connectivity index (χ0v) is 14.5. The molecule has 0 aliphatic heterocycles. The molecule has 2 aromatic carbocycles. The molecule has 8 heteroatoms. The number of aromatic nitrogens is 4. The first kappa shape index (κ1) is 16.3. The number of nitrogens with zero attached hydrogens (tertiary/aromatic N) is 4. The summed E-state index contributed by atoms with van der Waals surface area (Å²) in [5.74, 6) is 0.847. The van der Waals surface area contributed by atoms with Crippen LogP contribution in [0.2, 0.25) is 0 Å². The lowest BCUT2D eigenvalue weighted by Gasteiger charge is -2.08. The topological polar surface area (TPSA) is 85.8 Å². The van der Waals surface area contributed by atoms with Crippen LogP contribution < -0.4 is 5.32 Å².